The van der Waals surface area contributed by atoms with Crippen LogP contribution in [0.2, 0.25) is 0 Å². The number of pyridine rings is 1. The molecule has 4 nitrogen and oxygen atoms in total. The Hall–Kier alpha value is -1.58. The van der Waals surface area contributed by atoms with Crippen molar-refractivity contribution < 1.29 is 9.90 Å². The first-order chi connectivity index (χ1) is 7.45. The number of nitrogens with zero attached hydrogens (tertiary/aromatic N) is 1. The first-order valence-corrected chi connectivity index (χ1v) is 5.38. The zero-order valence-electron chi connectivity index (χ0n) is 9.70. The number of carboxylic acids is 1. The van der Waals surface area contributed by atoms with Gasteiger partial charge in [0.15, 0.2) is 5.43 Å². The van der Waals surface area contributed by atoms with Gasteiger partial charge in [0.25, 0.3) is 0 Å². The van der Waals surface area contributed by atoms with Gasteiger partial charge in [-0.15, -0.1) is 0 Å². The molecule has 1 saturated carbocycles. The molecular formula is C12H15NO3. The summed E-state index contributed by atoms with van der Waals surface area (Å²) >= 11 is 0. The molecule has 1 aromatic rings. The average Bonchev–Trinajstić information content (AvgIpc) is 2.98. The number of carbonyl (C=O) groups is 1. The molecule has 1 aliphatic rings. The number of carboxylic acid groups (broad SMARTS) is 1. The van der Waals surface area contributed by atoms with E-state index in [0.717, 1.165) is 18.5 Å². The topological polar surface area (TPSA) is 59.3 Å². The van der Waals surface area contributed by atoms with E-state index in [1.165, 1.54) is 0 Å². The zero-order valence-corrected chi connectivity index (χ0v) is 9.70. The van der Waals surface area contributed by atoms with Crippen molar-refractivity contribution in [3.63, 3.8) is 0 Å². The molecule has 86 valence electrons. The van der Waals surface area contributed by atoms with Gasteiger partial charge in [-0.3, -0.25) is 4.79 Å². The highest BCUT2D eigenvalue weighted by Crippen LogP contribution is 2.40. The fraction of sp³-hybridized carbons (Fsp3) is 0.500. The minimum absolute atomic E-state index is 0.0741. The predicted molar refractivity (Wildman–Crippen MR) is 60.1 cm³/mol. The van der Waals surface area contributed by atoms with Crippen LogP contribution in [0.4, 0.5) is 0 Å². The molecule has 0 bridgehead atoms. The molecule has 4 heteroatoms. The van der Waals surface area contributed by atoms with Crippen molar-refractivity contribution in [1.82, 2.24) is 4.57 Å². The van der Waals surface area contributed by atoms with E-state index in [2.05, 4.69) is 0 Å². The monoisotopic (exact) mass is 221 g/mol. The van der Waals surface area contributed by atoms with Crippen molar-refractivity contribution in [3.8, 4) is 0 Å². The molecule has 2 rings (SSSR count). The fourth-order valence-corrected chi connectivity index (χ4v) is 2.17. The molecule has 1 aliphatic carbocycles. The summed E-state index contributed by atoms with van der Waals surface area (Å²) in [4.78, 5) is 23.2. The molecule has 0 amide bonds. The van der Waals surface area contributed by atoms with Crippen LogP contribution in [0.15, 0.2) is 4.79 Å². The van der Waals surface area contributed by atoms with Crippen LogP contribution in [-0.4, -0.2) is 15.6 Å². The van der Waals surface area contributed by atoms with E-state index in [1.54, 1.807) is 11.5 Å². The van der Waals surface area contributed by atoms with Crippen LogP contribution in [-0.2, 0) is 7.05 Å². The fourth-order valence-electron chi connectivity index (χ4n) is 2.17. The van der Waals surface area contributed by atoms with Gasteiger partial charge in [-0.25, -0.2) is 4.79 Å². The minimum atomic E-state index is -1.12. The summed E-state index contributed by atoms with van der Waals surface area (Å²) in [7, 11) is 1.81. The molecule has 0 saturated heterocycles. The molecular weight excluding hydrogens is 206 g/mol. The van der Waals surface area contributed by atoms with Crippen molar-refractivity contribution >= 4 is 5.97 Å². The van der Waals surface area contributed by atoms with Gasteiger partial charge in [0, 0.05) is 24.0 Å². The van der Waals surface area contributed by atoms with Gasteiger partial charge in [0.1, 0.15) is 5.56 Å². The zero-order chi connectivity index (χ0) is 12.0. The predicted octanol–water partition coefficient (Wildman–Crippen LogP) is 1.58. The van der Waals surface area contributed by atoms with Crippen molar-refractivity contribution in [1.29, 1.82) is 0 Å². The normalized spacial score (nSPS) is 15.2. The van der Waals surface area contributed by atoms with Crippen LogP contribution in [0, 0.1) is 13.8 Å². The van der Waals surface area contributed by atoms with E-state index in [-0.39, 0.29) is 16.9 Å². The molecule has 16 heavy (non-hydrogen) atoms. The third-order valence-corrected chi connectivity index (χ3v) is 3.43. The Morgan fingerprint density at radius 2 is 1.88 bits per heavy atom. The van der Waals surface area contributed by atoms with E-state index >= 15 is 0 Å². The lowest BCUT2D eigenvalue weighted by Gasteiger charge is -2.15. The Balaban J connectivity index is 2.81. The number of aromatic nitrogens is 1. The van der Waals surface area contributed by atoms with Crippen LogP contribution in [0.1, 0.15) is 46.1 Å². The standard InChI is InChI=1S/C12H15NO3/c1-6-9(8-4-5-8)11(14)10(12(15)16)7(2)13(6)3/h8H,4-5H2,1-3H3,(H,15,16). The molecule has 0 atom stereocenters. The molecule has 1 fully saturated rings. The highest BCUT2D eigenvalue weighted by atomic mass is 16.4. The maximum atomic E-state index is 12.1. The Kier molecular flexibility index (Phi) is 2.37. The molecule has 0 aliphatic heterocycles. The van der Waals surface area contributed by atoms with Crippen molar-refractivity contribution in [3.05, 3.63) is 32.7 Å². The van der Waals surface area contributed by atoms with Crippen molar-refractivity contribution in [2.45, 2.75) is 32.6 Å². The van der Waals surface area contributed by atoms with Gasteiger partial charge >= 0.3 is 5.97 Å². The summed E-state index contributed by atoms with van der Waals surface area (Å²) in [6.07, 6.45) is 2.00. The SMILES string of the molecule is Cc1c(C(=O)O)c(=O)c(C2CC2)c(C)n1C. The second-order valence-electron chi connectivity index (χ2n) is 4.43. The van der Waals surface area contributed by atoms with E-state index in [0.29, 0.717) is 11.3 Å². The summed E-state index contributed by atoms with van der Waals surface area (Å²) in [6, 6.07) is 0. The average molecular weight is 221 g/mol. The van der Waals surface area contributed by atoms with Crippen LogP contribution in [0.25, 0.3) is 0 Å². The van der Waals surface area contributed by atoms with Crippen molar-refractivity contribution in [2.75, 3.05) is 0 Å². The molecule has 0 unspecified atom stereocenters. The number of hydrogen-bond acceptors (Lipinski definition) is 2. The second-order valence-corrected chi connectivity index (χ2v) is 4.43. The van der Waals surface area contributed by atoms with E-state index in [1.807, 2.05) is 14.0 Å². The highest BCUT2D eigenvalue weighted by molar-refractivity contribution is 5.89. The van der Waals surface area contributed by atoms with Gasteiger partial charge in [-0.05, 0) is 32.6 Å². The van der Waals surface area contributed by atoms with Crippen LogP contribution in [0.5, 0.6) is 0 Å². The molecule has 0 aromatic carbocycles. The third-order valence-electron chi connectivity index (χ3n) is 3.43. The van der Waals surface area contributed by atoms with E-state index in [9.17, 15) is 9.59 Å². The second kappa shape index (κ2) is 3.47. The Morgan fingerprint density at radius 3 is 2.31 bits per heavy atom. The van der Waals surface area contributed by atoms with Gasteiger partial charge < -0.3 is 9.67 Å². The Labute approximate surface area is 93.5 Å². The third kappa shape index (κ3) is 1.45. The first kappa shape index (κ1) is 10.9. The Bertz CT molecular complexity index is 524. The van der Waals surface area contributed by atoms with Crippen LogP contribution in [0.3, 0.4) is 0 Å². The smallest absolute Gasteiger partial charge is 0.341 e. The first-order valence-electron chi connectivity index (χ1n) is 5.38. The van der Waals surface area contributed by atoms with Crippen LogP contribution >= 0.6 is 0 Å². The number of rotatable bonds is 2. The van der Waals surface area contributed by atoms with E-state index in [4.69, 9.17) is 5.11 Å². The maximum absolute atomic E-state index is 12.1. The molecule has 1 N–H and O–H groups in total. The number of hydrogen-bond donors (Lipinski definition) is 1. The molecule has 1 aromatic heterocycles. The summed E-state index contributed by atoms with van der Waals surface area (Å²) in [5.74, 6) is -0.850. The lowest BCUT2D eigenvalue weighted by molar-refractivity contribution is 0.0693. The molecule has 0 spiro atoms. The summed E-state index contributed by atoms with van der Waals surface area (Å²) < 4.78 is 1.80. The lowest BCUT2D eigenvalue weighted by atomic mass is 10.0. The molecule has 1 heterocycles. The summed E-state index contributed by atoms with van der Waals surface area (Å²) in [5, 5.41) is 9.08. The van der Waals surface area contributed by atoms with Gasteiger partial charge in [-0.2, -0.15) is 0 Å². The Morgan fingerprint density at radius 1 is 1.31 bits per heavy atom. The lowest BCUT2D eigenvalue weighted by Crippen LogP contribution is -2.26. The van der Waals surface area contributed by atoms with Gasteiger partial charge in [0.2, 0.25) is 0 Å². The maximum Gasteiger partial charge on any atom is 0.341 e. The quantitative estimate of drug-likeness (QED) is 0.824. The summed E-state index contributed by atoms with van der Waals surface area (Å²) in [5.41, 5.74) is 1.76. The molecule has 0 radical (unpaired) electrons. The number of aromatic carboxylic acids is 1. The van der Waals surface area contributed by atoms with E-state index < -0.39 is 5.97 Å². The largest absolute Gasteiger partial charge is 0.477 e. The van der Waals surface area contributed by atoms with Crippen molar-refractivity contribution in [2.24, 2.45) is 7.05 Å². The van der Waals surface area contributed by atoms with Gasteiger partial charge in [0.05, 0.1) is 0 Å². The van der Waals surface area contributed by atoms with Crippen LogP contribution < -0.4 is 5.43 Å². The summed E-state index contributed by atoms with van der Waals surface area (Å²) in [6.45, 7) is 3.56. The minimum Gasteiger partial charge on any atom is -0.477 e. The van der Waals surface area contributed by atoms with Gasteiger partial charge in [-0.1, -0.05) is 0 Å². The highest BCUT2D eigenvalue weighted by Gasteiger charge is 2.31.